The Hall–Kier alpha value is -3.73. The van der Waals surface area contributed by atoms with E-state index in [4.69, 9.17) is 10.5 Å². The Bertz CT molecular complexity index is 1390. The number of nitrogens with zero attached hydrogens (tertiary/aromatic N) is 7. The molecule has 2 saturated heterocycles. The van der Waals surface area contributed by atoms with Gasteiger partial charge in [0.25, 0.3) is 5.88 Å². The molecule has 1 spiro atoms. The first-order valence-corrected chi connectivity index (χ1v) is 14.0. The fourth-order valence-electron chi connectivity index (χ4n) is 6.33. The average molecular weight is 547 g/mol. The molecular weight excluding hydrogens is 511 g/mol. The number of amides is 1. The monoisotopic (exact) mass is 546 g/mol. The van der Waals surface area contributed by atoms with Crippen LogP contribution >= 0.6 is 0 Å². The molecule has 40 heavy (non-hydrogen) atoms. The maximum Gasteiger partial charge on any atom is 0.282 e. The van der Waals surface area contributed by atoms with E-state index in [1.165, 1.54) is 24.8 Å². The summed E-state index contributed by atoms with van der Waals surface area (Å²) in [5, 5.41) is 8.28. The fraction of sp³-hybridized carbons (Fsp3) is 0.517. The van der Waals surface area contributed by atoms with E-state index in [1.807, 2.05) is 0 Å². The van der Waals surface area contributed by atoms with Gasteiger partial charge in [-0.25, -0.2) is 19.3 Å². The molecule has 11 heteroatoms. The number of carbonyl (C=O) groups excluding carboxylic acids is 1. The maximum atomic E-state index is 14.4. The van der Waals surface area contributed by atoms with Crippen molar-refractivity contribution in [1.82, 2.24) is 30.0 Å². The third kappa shape index (κ3) is 5.34. The number of halogens is 1. The number of carbonyl (C=O) groups is 1. The number of primary amides is 1. The molecule has 0 unspecified atom stereocenters. The van der Waals surface area contributed by atoms with Crippen LogP contribution in [0.25, 0.3) is 11.1 Å². The molecule has 10 nitrogen and oxygen atoms in total. The molecule has 0 bridgehead atoms. The highest BCUT2D eigenvalue weighted by atomic mass is 19.1. The smallest absolute Gasteiger partial charge is 0.282 e. The highest BCUT2D eigenvalue weighted by molar-refractivity contribution is 5.74. The van der Waals surface area contributed by atoms with E-state index < -0.39 is 0 Å². The van der Waals surface area contributed by atoms with Crippen LogP contribution < -0.4 is 15.4 Å². The maximum absolute atomic E-state index is 14.4. The summed E-state index contributed by atoms with van der Waals surface area (Å²) in [5.41, 5.74) is 7.84. The van der Waals surface area contributed by atoms with Gasteiger partial charge in [0, 0.05) is 67.3 Å². The lowest BCUT2D eigenvalue weighted by Gasteiger charge is -2.52. The van der Waals surface area contributed by atoms with Crippen molar-refractivity contribution in [2.24, 2.45) is 17.1 Å². The molecule has 0 radical (unpaired) electrons. The van der Waals surface area contributed by atoms with Gasteiger partial charge in [0.1, 0.15) is 24.2 Å². The van der Waals surface area contributed by atoms with Gasteiger partial charge < -0.3 is 15.4 Å². The molecule has 3 aromatic rings. The summed E-state index contributed by atoms with van der Waals surface area (Å²) in [5.74, 6) is 1.56. The average Bonchev–Trinajstić information content (AvgIpc) is 3.67. The van der Waals surface area contributed by atoms with Crippen LogP contribution in [0.4, 0.5) is 10.2 Å². The molecule has 210 valence electrons. The molecule has 1 aromatic carbocycles. The topological polar surface area (TPSA) is 123 Å². The number of nitrogens with two attached hydrogens (primary N) is 1. The molecule has 6 rings (SSSR count). The predicted molar refractivity (Wildman–Crippen MR) is 147 cm³/mol. The highest BCUT2D eigenvalue weighted by Crippen LogP contribution is 2.47. The Morgan fingerprint density at radius 1 is 1.18 bits per heavy atom. The standard InChI is InChI=1S/C29H35FN8O2/c1-18(2)23(6-8-25(31)39)38-14-29(15-38)9-10-37(13-29)27-28(36-35-17-34-27)40-24-7-5-20(30)11-21(24)22-12-32-16-33-26(22)19-3-4-19/h5,7,11-12,16-19,23H,3-4,6,8-10,13-15H2,1-2H3,(H2,31,39)/t23-/m1/s1. The van der Waals surface area contributed by atoms with Crippen molar-refractivity contribution < 1.29 is 13.9 Å². The van der Waals surface area contributed by atoms with E-state index in [0.717, 1.165) is 63.1 Å². The van der Waals surface area contributed by atoms with E-state index in [2.05, 4.69) is 48.8 Å². The normalized spacial score (nSPS) is 19.1. The summed E-state index contributed by atoms with van der Waals surface area (Å²) in [4.78, 5) is 29.3. The number of rotatable bonds is 10. The van der Waals surface area contributed by atoms with Crippen molar-refractivity contribution in [3.8, 4) is 22.8 Å². The number of aromatic nitrogens is 5. The zero-order valence-corrected chi connectivity index (χ0v) is 23.0. The largest absolute Gasteiger partial charge is 0.434 e. The van der Waals surface area contributed by atoms with E-state index >= 15 is 0 Å². The second-order valence-electron chi connectivity index (χ2n) is 11.8. The second-order valence-corrected chi connectivity index (χ2v) is 11.8. The lowest BCUT2D eigenvalue weighted by molar-refractivity contribution is -0.118. The van der Waals surface area contributed by atoms with Gasteiger partial charge >= 0.3 is 0 Å². The SMILES string of the molecule is CC(C)[C@@H](CCC(N)=O)N1CC2(CCN(c3ncnnc3Oc3ccc(F)cc3-c3cncnc3C3CC3)C2)C1. The molecule has 1 atom stereocenters. The molecular formula is C29H35FN8O2. The molecule has 1 amide bonds. The summed E-state index contributed by atoms with van der Waals surface area (Å²) < 4.78 is 20.8. The van der Waals surface area contributed by atoms with Crippen molar-refractivity contribution in [2.75, 3.05) is 31.1 Å². The molecule has 4 heterocycles. The summed E-state index contributed by atoms with van der Waals surface area (Å²) in [6, 6.07) is 4.78. The first-order chi connectivity index (χ1) is 19.3. The fourth-order valence-corrected chi connectivity index (χ4v) is 6.33. The summed E-state index contributed by atoms with van der Waals surface area (Å²) in [7, 11) is 0. The minimum Gasteiger partial charge on any atom is -0.434 e. The van der Waals surface area contributed by atoms with Crippen LogP contribution in [0, 0.1) is 17.2 Å². The number of hydrogen-bond acceptors (Lipinski definition) is 9. The van der Waals surface area contributed by atoms with Gasteiger partial charge in [-0.15, -0.1) is 10.2 Å². The molecule has 2 aliphatic heterocycles. The van der Waals surface area contributed by atoms with Crippen LogP contribution in [0.3, 0.4) is 0 Å². The Kier molecular flexibility index (Phi) is 7.07. The Morgan fingerprint density at radius 3 is 2.75 bits per heavy atom. The first-order valence-electron chi connectivity index (χ1n) is 14.0. The van der Waals surface area contributed by atoms with Crippen molar-refractivity contribution in [1.29, 1.82) is 0 Å². The van der Waals surface area contributed by atoms with Crippen molar-refractivity contribution in [3.05, 3.63) is 48.6 Å². The first kappa shape index (κ1) is 26.5. The van der Waals surface area contributed by atoms with Gasteiger partial charge in [-0.3, -0.25) is 9.69 Å². The zero-order chi connectivity index (χ0) is 27.9. The highest BCUT2D eigenvalue weighted by Gasteiger charge is 2.50. The van der Waals surface area contributed by atoms with Crippen molar-refractivity contribution in [2.45, 2.75) is 57.9 Å². The zero-order valence-electron chi connectivity index (χ0n) is 23.0. The van der Waals surface area contributed by atoms with E-state index in [9.17, 15) is 9.18 Å². The third-order valence-electron chi connectivity index (χ3n) is 8.46. The molecule has 2 aromatic heterocycles. The number of anilines is 1. The van der Waals surface area contributed by atoms with E-state index in [-0.39, 0.29) is 23.0 Å². The van der Waals surface area contributed by atoms with Crippen LogP contribution in [0.5, 0.6) is 11.6 Å². The second kappa shape index (κ2) is 10.7. The van der Waals surface area contributed by atoms with Gasteiger partial charge in [0.05, 0.1) is 5.69 Å². The van der Waals surface area contributed by atoms with Crippen molar-refractivity contribution >= 4 is 11.7 Å². The number of benzene rings is 1. The van der Waals surface area contributed by atoms with Gasteiger partial charge in [-0.1, -0.05) is 13.8 Å². The van der Waals surface area contributed by atoms with E-state index in [1.54, 1.807) is 12.3 Å². The van der Waals surface area contributed by atoms with Gasteiger partial charge in [-0.2, -0.15) is 0 Å². The number of hydrogen-bond donors (Lipinski definition) is 1. The van der Waals surface area contributed by atoms with Crippen LogP contribution in [-0.2, 0) is 4.79 Å². The lowest BCUT2D eigenvalue weighted by atomic mass is 9.76. The molecule has 3 fully saturated rings. The lowest BCUT2D eigenvalue weighted by Crippen LogP contribution is -2.62. The quantitative estimate of drug-likeness (QED) is 0.403. The van der Waals surface area contributed by atoms with Crippen LogP contribution in [0.1, 0.15) is 57.6 Å². The van der Waals surface area contributed by atoms with Gasteiger partial charge in [0.15, 0.2) is 5.82 Å². The summed E-state index contributed by atoms with van der Waals surface area (Å²) >= 11 is 0. The van der Waals surface area contributed by atoms with Gasteiger partial charge in [-0.05, 0) is 49.8 Å². The Labute approximate surface area is 233 Å². The third-order valence-corrected chi connectivity index (χ3v) is 8.46. The minimum atomic E-state index is -0.364. The van der Waals surface area contributed by atoms with Crippen LogP contribution in [0.15, 0.2) is 37.1 Å². The minimum absolute atomic E-state index is 0.156. The van der Waals surface area contributed by atoms with Crippen LogP contribution in [-0.4, -0.2) is 68.2 Å². The van der Waals surface area contributed by atoms with E-state index in [0.29, 0.717) is 41.4 Å². The van der Waals surface area contributed by atoms with Crippen LogP contribution in [0.2, 0.25) is 0 Å². The van der Waals surface area contributed by atoms with Crippen molar-refractivity contribution in [3.63, 3.8) is 0 Å². The number of ether oxygens (including phenoxy) is 1. The predicted octanol–water partition coefficient (Wildman–Crippen LogP) is 3.94. The summed E-state index contributed by atoms with van der Waals surface area (Å²) in [6.07, 6.45) is 9.04. The number of likely N-dealkylation sites (tertiary alicyclic amines) is 1. The van der Waals surface area contributed by atoms with Gasteiger partial charge in [0.2, 0.25) is 5.91 Å². The Balaban J connectivity index is 1.20. The molecule has 1 saturated carbocycles. The molecule has 3 aliphatic rings. The molecule has 2 N–H and O–H groups in total. The summed E-state index contributed by atoms with van der Waals surface area (Å²) in [6.45, 7) is 8.00. The Morgan fingerprint density at radius 2 is 2.00 bits per heavy atom. The molecule has 1 aliphatic carbocycles.